The summed E-state index contributed by atoms with van der Waals surface area (Å²) < 4.78 is 5.22. The van der Waals surface area contributed by atoms with Crippen LogP contribution in [0, 0.1) is 0 Å². The maximum atomic E-state index is 12.2. The second-order valence-corrected chi connectivity index (χ2v) is 6.30. The van der Waals surface area contributed by atoms with E-state index < -0.39 is 0 Å². The Bertz CT molecular complexity index is 938. The number of hydrogen-bond donors (Lipinski definition) is 2. The summed E-state index contributed by atoms with van der Waals surface area (Å²) in [4.78, 5) is 28.2. The predicted octanol–water partition coefficient (Wildman–Crippen LogP) is 4.05. The Morgan fingerprint density at radius 3 is 2.29 bits per heavy atom. The zero-order valence-corrected chi connectivity index (χ0v) is 15.6. The molecule has 0 fully saturated rings. The molecule has 144 valence electrons. The first-order chi connectivity index (χ1) is 13.6. The van der Waals surface area contributed by atoms with Crippen LogP contribution < -0.4 is 10.6 Å². The van der Waals surface area contributed by atoms with Gasteiger partial charge < -0.3 is 15.2 Å². The lowest BCUT2D eigenvalue weighted by molar-refractivity contribution is -0.117. The van der Waals surface area contributed by atoms with E-state index in [9.17, 15) is 9.59 Å². The lowest BCUT2D eigenvalue weighted by Crippen LogP contribution is -2.14. The van der Waals surface area contributed by atoms with E-state index in [1.54, 1.807) is 24.3 Å². The zero-order valence-electron chi connectivity index (χ0n) is 15.6. The second-order valence-electron chi connectivity index (χ2n) is 6.30. The Morgan fingerprint density at radius 1 is 0.929 bits per heavy atom. The van der Waals surface area contributed by atoms with E-state index in [1.807, 2.05) is 37.3 Å². The third-order valence-corrected chi connectivity index (χ3v) is 3.97. The van der Waals surface area contributed by atoms with Crippen LogP contribution in [-0.4, -0.2) is 22.0 Å². The highest BCUT2D eigenvalue weighted by molar-refractivity contribution is 5.94. The monoisotopic (exact) mass is 378 g/mol. The molecular weight excluding hydrogens is 356 g/mol. The number of nitrogens with zero attached hydrogens (tertiary/aromatic N) is 2. The van der Waals surface area contributed by atoms with Gasteiger partial charge >= 0.3 is 0 Å². The molecule has 3 aromatic rings. The summed E-state index contributed by atoms with van der Waals surface area (Å²) in [6, 6.07) is 16.6. The van der Waals surface area contributed by atoms with Gasteiger partial charge in [0.1, 0.15) is 0 Å². The molecule has 1 aromatic heterocycles. The summed E-state index contributed by atoms with van der Waals surface area (Å²) >= 11 is 0. The lowest BCUT2D eigenvalue weighted by Gasteiger charge is -2.08. The summed E-state index contributed by atoms with van der Waals surface area (Å²) in [7, 11) is 0. The first-order valence-electron chi connectivity index (χ1n) is 9.22. The van der Waals surface area contributed by atoms with Gasteiger partial charge in [0, 0.05) is 36.2 Å². The van der Waals surface area contributed by atoms with Crippen molar-refractivity contribution in [3.8, 4) is 11.4 Å². The first kappa shape index (κ1) is 19.3. The van der Waals surface area contributed by atoms with E-state index in [0.29, 0.717) is 35.9 Å². The summed E-state index contributed by atoms with van der Waals surface area (Å²) in [5.41, 5.74) is 2.14. The van der Waals surface area contributed by atoms with Crippen molar-refractivity contribution in [3.63, 3.8) is 0 Å². The van der Waals surface area contributed by atoms with Gasteiger partial charge in [-0.3, -0.25) is 9.59 Å². The molecule has 0 saturated heterocycles. The molecule has 0 aliphatic heterocycles. The second kappa shape index (κ2) is 9.45. The van der Waals surface area contributed by atoms with E-state index in [0.717, 1.165) is 12.0 Å². The van der Waals surface area contributed by atoms with Crippen LogP contribution in [0.25, 0.3) is 11.4 Å². The molecule has 2 N–H and O–H groups in total. The van der Waals surface area contributed by atoms with Crippen molar-refractivity contribution in [2.75, 3.05) is 10.6 Å². The molecule has 0 saturated carbocycles. The molecule has 0 bridgehead atoms. The average Bonchev–Trinajstić information content (AvgIpc) is 3.17. The van der Waals surface area contributed by atoms with Crippen LogP contribution in [0.15, 0.2) is 59.1 Å². The molecule has 0 unspecified atom stereocenters. The van der Waals surface area contributed by atoms with E-state index >= 15 is 0 Å². The highest BCUT2D eigenvalue weighted by atomic mass is 16.5. The van der Waals surface area contributed by atoms with Crippen molar-refractivity contribution < 1.29 is 14.1 Å². The molecule has 0 aliphatic carbocycles. The van der Waals surface area contributed by atoms with Crippen LogP contribution in [0.3, 0.4) is 0 Å². The van der Waals surface area contributed by atoms with Gasteiger partial charge in [0.15, 0.2) is 0 Å². The Hall–Kier alpha value is -3.48. The van der Waals surface area contributed by atoms with Crippen molar-refractivity contribution >= 4 is 23.2 Å². The Labute approximate surface area is 163 Å². The molecule has 7 nitrogen and oxygen atoms in total. The van der Waals surface area contributed by atoms with Crippen LogP contribution in [0.1, 0.15) is 32.1 Å². The maximum Gasteiger partial charge on any atom is 0.227 e. The Morgan fingerprint density at radius 2 is 1.61 bits per heavy atom. The van der Waals surface area contributed by atoms with E-state index in [1.165, 1.54) is 0 Å². The van der Waals surface area contributed by atoms with Gasteiger partial charge in [-0.25, -0.2) is 0 Å². The number of amides is 2. The van der Waals surface area contributed by atoms with Gasteiger partial charge in [-0.2, -0.15) is 4.98 Å². The van der Waals surface area contributed by atoms with Crippen molar-refractivity contribution in [1.29, 1.82) is 0 Å². The summed E-state index contributed by atoms with van der Waals surface area (Å²) in [6.07, 6.45) is 1.80. The molecule has 2 amide bonds. The Balaban J connectivity index is 1.52. The topological polar surface area (TPSA) is 97.1 Å². The largest absolute Gasteiger partial charge is 0.339 e. The number of aryl methyl sites for hydroxylation is 1. The molecule has 1 heterocycles. The van der Waals surface area contributed by atoms with Gasteiger partial charge in [0.25, 0.3) is 0 Å². The molecule has 0 aliphatic rings. The number of nitrogens with one attached hydrogen (secondary N) is 2. The van der Waals surface area contributed by atoms with Gasteiger partial charge in [0.2, 0.25) is 23.5 Å². The number of benzene rings is 2. The SMILES string of the molecule is CCCC(=O)Nc1cccc(NC(=O)CCc2nc(-c3ccccc3)no2)c1. The zero-order chi connectivity index (χ0) is 19.8. The van der Waals surface area contributed by atoms with Crippen molar-refractivity contribution in [2.24, 2.45) is 0 Å². The van der Waals surface area contributed by atoms with Gasteiger partial charge in [0.05, 0.1) is 0 Å². The van der Waals surface area contributed by atoms with Crippen LogP contribution >= 0.6 is 0 Å². The molecule has 0 radical (unpaired) electrons. The molecule has 7 heteroatoms. The van der Waals surface area contributed by atoms with Crippen LogP contribution in [0.5, 0.6) is 0 Å². The molecule has 0 spiro atoms. The minimum Gasteiger partial charge on any atom is -0.339 e. The third kappa shape index (κ3) is 5.51. The molecule has 3 rings (SSSR count). The van der Waals surface area contributed by atoms with Gasteiger partial charge in [-0.05, 0) is 24.6 Å². The normalized spacial score (nSPS) is 10.5. The fraction of sp³-hybridized carbons (Fsp3) is 0.238. The minimum atomic E-state index is -0.170. The number of carbonyl (C=O) groups is 2. The van der Waals surface area contributed by atoms with E-state index in [2.05, 4.69) is 20.8 Å². The highest BCUT2D eigenvalue weighted by Crippen LogP contribution is 2.17. The number of hydrogen-bond acceptors (Lipinski definition) is 5. The van der Waals surface area contributed by atoms with Crippen LogP contribution in [0.4, 0.5) is 11.4 Å². The third-order valence-electron chi connectivity index (χ3n) is 3.97. The van der Waals surface area contributed by atoms with Crippen LogP contribution in [-0.2, 0) is 16.0 Å². The van der Waals surface area contributed by atoms with Gasteiger partial charge in [-0.1, -0.05) is 48.5 Å². The number of aromatic nitrogens is 2. The van der Waals surface area contributed by atoms with E-state index in [4.69, 9.17) is 4.52 Å². The number of rotatable bonds is 8. The molecule has 0 atom stereocenters. The first-order valence-corrected chi connectivity index (χ1v) is 9.22. The fourth-order valence-electron chi connectivity index (χ4n) is 2.63. The minimum absolute atomic E-state index is 0.0448. The fourth-order valence-corrected chi connectivity index (χ4v) is 2.63. The Kier molecular flexibility index (Phi) is 6.51. The smallest absolute Gasteiger partial charge is 0.227 e. The van der Waals surface area contributed by atoms with Gasteiger partial charge in [-0.15, -0.1) is 0 Å². The van der Waals surface area contributed by atoms with Crippen molar-refractivity contribution in [2.45, 2.75) is 32.6 Å². The maximum absolute atomic E-state index is 12.2. The van der Waals surface area contributed by atoms with E-state index in [-0.39, 0.29) is 18.2 Å². The summed E-state index contributed by atoms with van der Waals surface area (Å²) in [5, 5.41) is 9.57. The summed E-state index contributed by atoms with van der Waals surface area (Å²) in [6.45, 7) is 1.95. The van der Waals surface area contributed by atoms with Crippen molar-refractivity contribution in [1.82, 2.24) is 10.1 Å². The average molecular weight is 378 g/mol. The summed E-state index contributed by atoms with van der Waals surface area (Å²) in [5.74, 6) is 0.703. The molecular formula is C21H22N4O3. The highest BCUT2D eigenvalue weighted by Gasteiger charge is 2.11. The standard InChI is InChI=1S/C21H22N4O3/c1-2-7-18(26)22-16-10-6-11-17(14-16)23-19(27)12-13-20-24-21(25-28-20)15-8-4-3-5-9-15/h3-6,8-11,14H,2,7,12-13H2,1H3,(H,22,26)(H,23,27). The van der Waals surface area contributed by atoms with Crippen LogP contribution in [0.2, 0.25) is 0 Å². The number of anilines is 2. The van der Waals surface area contributed by atoms with Crippen molar-refractivity contribution in [3.05, 3.63) is 60.5 Å². The quantitative estimate of drug-likeness (QED) is 0.616. The molecule has 28 heavy (non-hydrogen) atoms. The predicted molar refractivity (Wildman–Crippen MR) is 107 cm³/mol. The number of carbonyl (C=O) groups excluding carboxylic acids is 2. The molecule has 2 aromatic carbocycles. The lowest BCUT2D eigenvalue weighted by atomic mass is 10.2.